The Bertz CT molecular complexity index is 629. The van der Waals surface area contributed by atoms with Crippen molar-refractivity contribution in [3.05, 3.63) is 63.9 Å². The van der Waals surface area contributed by atoms with E-state index >= 15 is 0 Å². The van der Waals surface area contributed by atoms with Crippen LogP contribution < -0.4 is 10.1 Å². The number of rotatable bonds is 3. The number of hydrogen-bond acceptors (Lipinski definition) is 2. The first kappa shape index (κ1) is 14.5. The molecule has 2 nitrogen and oxygen atoms in total. The Morgan fingerprint density at radius 3 is 2.71 bits per heavy atom. The minimum Gasteiger partial charge on any atom is -0.485 e. The van der Waals surface area contributed by atoms with Crippen LogP contribution in [0.1, 0.15) is 36.6 Å². The first-order valence-electron chi connectivity index (χ1n) is 7.12. The fourth-order valence-corrected chi connectivity index (χ4v) is 3.03. The average molecular weight is 350 g/mol. The van der Waals surface area contributed by atoms with Gasteiger partial charge < -0.3 is 10.1 Å². The van der Waals surface area contributed by atoms with Crippen LogP contribution in [-0.4, -0.2) is 6.54 Å². The molecule has 0 spiro atoms. The van der Waals surface area contributed by atoms with E-state index in [9.17, 15) is 4.39 Å². The van der Waals surface area contributed by atoms with Gasteiger partial charge in [-0.2, -0.15) is 0 Å². The highest BCUT2D eigenvalue weighted by molar-refractivity contribution is 9.10. The lowest BCUT2D eigenvalue weighted by Crippen LogP contribution is -2.29. The molecule has 3 rings (SSSR count). The van der Waals surface area contributed by atoms with Crippen LogP contribution >= 0.6 is 15.9 Å². The van der Waals surface area contributed by atoms with E-state index in [4.69, 9.17) is 4.74 Å². The lowest BCUT2D eigenvalue weighted by atomic mass is 9.93. The summed E-state index contributed by atoms with van der Waals surface area (Å²) in [7, 11) is 0. The maximum Gasteiger partial charge on any atom is 0.127 e. The van der Waals surface area contributed by atoms with E-state index in [1.54, 1.807) is 0 Å². The SMILES string of the molecule is CCNC1CC(c2ccc(Br)cc2)Oc2cc(F)ccc21. The third kappa shape index (κ3) is 3.11. The number of hydrogen-bond donors (Lipinski definition) is 1. The molecule has 1 N–H and O–H groups in total. The zero-order chi connectivity index (χ0) is 14.8. The summed E-state index contributed by atoms with van der Waals surface area (Å²) >= 11 is 3.44. The smallest absolute Gasteiger partial charge is 0.127 e. The zero-order valence-corrected chi connectivity index (χ0v) is 13.4. The molecule has 2 unspecified atom stereocenters. The van der Waals surface area contributed by atoms with Gasteiger partial charge in [0.1, 0.15) is 17.7 Å². The van der Waals surface area contributed by atoms with Crippen molar-refractivity contribution in [2.24, 2.45) is 0 Å². The van der Waals surface area contributed by atoms with Crippen molar-refractivity contribution in [1.82, 2.24) is 5.32 Å². The van der Waals surface area contributed by atoms with Crippen molar-refractivity contribution in [3.63, 3.8) is 0 Å². The van der Waals surface area contributed by atoms with Crippen LogP contribution in [0.4, 0.5) is 4.39 Å². The molecule has 0 radical (unpaired) electrons. The van der Waals surface area contributed by atoms with Gasteiger partial charge in [0.15, 0.2) is 0 Å². The summed E-state index contributed by atoms with van der Waals surface area (Å²) in [6.45, 7) is 2.95. The summed E-state index contributed by atoms with van der Waals surface area (Å²) in [6.07, 6.45) is 0.783. The van der Waals surface area contributed by atoms with Gasteiger partial charge in [-0.15, -0.1) is 0 Å². The molecule has 2 atom stereocenters. The molecular weight excluding hydrogens is 333 g/mol. The topological polar surface area (TPSA) is 21.3 Å². The molecule has 0 fully saturated rings. The Labute approximate surface area is 132 Å². The third-order valence-electron chi connectivity index (χ3n) is 3.76. The van der Waals surface area contributed by atoms with Crippen LogP contribution in [0, 0.1) is 5.82 Å². The Morgan fingerprint density at radius 2 is 2.00 bits per heavy atom. The van der Waals surface area contributed by atoms with E-state index in [-0.39, 0.29) is 18.0 Å². The summed E-state index contributed by atoms with van der Waals surface area (Å²) < 4.78 is 20.5. The van der Waals surface area contributed by atoms with Gasteiger partial charge in [-0.3, -0.25) is 0 Å². The molecule has 1 aliphatic rings. The van der Waals surface area contributed by atoms with E-state index in [1.165, 1.54) is 12.1 Å². The summed E-state index contributed by atoms with van der Waals surface area (Å²) in [5, 5.41) is 3.46. The van der Waals surface area contributed by atoms with Crippen molar-refractivity contribution in [3.8, 4) is 5.75 Å². The second-order valence-electron chi connectivity index (χ2n) is 5.19. The molecule has 0 aromatic heterocycles. The number of halogens is 2. The minimum absolute atomic E-state index is 0.0588. The van der Waals surface area contributed by atoms with Gasteiger partial charge in [-0.05, 0) is 30.3 Å². The first-order valence-corrected chi connectivity index (χ1v) is 7.91. The van der Waals surface area contributed by atoms with Crippen LogP contribution in [0.15, 0.2) is 46.9 Å². The van der Waals surface area contributed by atoms with E-state index in [0.29, 0.717) is 5.75 Å². The van der Waals surface area contributed by atoms with E-state index in [2.05, 4.69) is 28.2 Å². The van der Waals surface area contributed by atoms with Crippen molar-refractivity contribution in [2.45, 2.75) is 25.5 Å². The van der Waals surface area contributed by atoms with E-state index in [1.807, 2.05) is 30.3 Å². The van der Waals surface area contributed by atoms with Gasteiger partial charge in [-0.1, -0.05) is 41.1 Å². The fraction of sp³-hybridized carbons (Fsp3) is 0.294. The van der Waals surface area contributed by atoms with E-state index in [0.717, 1.165) is 28.6 Å². The lowest BCUT2D eigenvalue weighted by Gasteiger charge is -2.33. The average Bonchev–Trinajstić information content (AvgIpc) is 2.47. The van der Waals surface area contributed by atoms with Crippen molar-refractivity contribution < 1.29 is 9.13 Å². The highest BCUT2D eigenvalue weighted by Gasteiger charge is 2.29. The number of benzene rings is 2. The molecule has 0 saturated heterocycles. The molecule has 2 aromatic carbocycles. The molecule has 110 valence electrons. The normalized spacial score (nSPS) is 20.7. The summed E-state index contributed by atoms with van der Waals surface area (Å²) in [5.74, 6) is 0.376. The second kappa shape index (κ2) is 6.16. The van der Waals surface area contributed by atoms with Gasteiger partial charge in [0.2, 0.25) is 0 Å². The van der Waals surface area contributed by atoms with Crippen LogP contribution in [0.2, 0.25) is 0 Å². The third-order valence-corrected chi connectivity index (χ3v) is 4.29. The highest BCUT2D eigenvalue weighted by Crippen LogP contribution is 2.41. The van der Waals surface area contributed by atoms with Crippen LogP contribution in [0.5, 0.6) is 5.75 Å². The van der Waals surface area contributed by atoms with Crippen molar-refractivity contribution >= 4 is 15.9 Å². The van der Waals surface area contributed by atoms with Crippen LogP contribution in [-0.2, 0) is 0 Å². The van der Waals surface area contributed by atoms with Gasteiger partial charge in [0, 0.05) is 28.6 Å². The lowest BCUT2D eigenvalue weighted by molar-refractivity contribution is 0.151. The molecule has 2 aromatic rings. The predicted octanol–water partition coefficient (Wildman–Crippen LogP) is 4.76. The maximum absolute atomic E-state index is 13.5. The standard InChI is InChI=1S/C17H17BrFNO/c1-2-20-15-10-16(11-3-5-12(18)6-4-11)21-17-9-13(19)7-8-14(15)17/h3-9,15-16,20H,2,10H2,1H3. The van der Waals surface area contributed by atoms with Gasteiger partial charge in [-0.25, -0.2) is 4.39 Å². The molecule has 4 heteroatoms. The monoisotopic (exact) mass is 349 g/mol. The molecule has 0 saturated carbocycles. The summed E-state index contributed by atoms with van der Waals surface area (Å²) in [4.78, 5) is 0. The fourth-order valence-electron chi connectivity index (χ4n) is 2.76. The highest BCUT2D eigenvalue weighted by atomic mass is 79.9. The number of ether oxygens (including phenoxy) is 1. The van der Waals surface area contributed by atoms with Gasteiger partial charge >= 0.3 is 0 Å². The molecule has 0 aliphatic carbocycles. The summed E-state index contributed by atoms with van der Waals surface area (Å²) in [6, 6.07) is 13.1. The minimum atomic E-state index is -0.263. The number of fused-ring (bicyclic) bond motifs is 1. The van der Waals surface area contributed by atoms with Crippen molar-refractivity contribution in [2.75, 3.05) is 6.54 Å². The number of nitrogens with one attached hydrogen (secondary N) is 1. The van der Waals surface area contributed by atoms with Crippen LogP contribution in [0.25, 0.3) is 0 Å². The molecule has 1 aliphatic heterocycles. The molecule has 1 heterocycles. The van der Waals surface area contributed by atoms with Gasteiger partial charge in [0.25, 0.3) is 0 Å². The Morgan fingerprint density at radius 1 is 1.24 bits per heavy atom. The van der Waals surface area contributed by atoms with Crippen LogP contribution in [0.3, 0.4) is 0 Å². The van der Waals surface area contributed by atoms with Gasteiger partial charge in [0.05, 0.1) is 0 Å². The second-order valence-corrected chi connectivity index (χ2v) is 6.10. The predicted molar refractivity (Wildman–Crippen MR) is 84.9 cm³/mol. The molecular formula is C17H17BrFNO. The van der Waals surface area contributed by atoms with Crippen molar-refractivity contribution in [1.29, 1.82) is 0 Å². The zero-order valence-electron chi connectivity index (χ0n) is 11.8. The maximum atomic E-state index is 13.5. The quantitative estimate of drug-likeness (QED) is 0.862. The largest absolute Gasteiger partial charge is 0.485 e. The Hall–Kier alpha value is -1.39. The molecule has 0 bridgehead atoms. The Kier molecular flexibility index (Phi) is 4.27. The summed E-state index contributed by atoms with van der Waals surface area (Å²) in [5.41, 5.74) is 2.14. The molecule has 0 amide bonds. The first-order chi connectivity index (χ1) is 10.2. The Balaban J connectivity index is 1.94. The van der Waals surface area contributed by atoms with E-state index < -0.39 is 0 Å². The molecule has 21 heavy (non-hydrogen) atoms.